The monoisotopic (exact) mass is 217 g/mol. The van der Waals surface area contributed by atoms with Crippen LogP contribution in [-0.2, 0) is 4.79 Å². The number of nitrogens with one attached hydrogen (secondary N) is 1. The van der Waals surface area contributed by atoms with Gasteiger partial charge in [-0.25, -0.2) is 0 Å². The normalized spacial score (nSPS) is 15.1. The second-order valence-corrected chi connectivity index (χ2v) is 3.31. The van der Waals surface area contributed by atoms with E-state index in [9.17, 15) is 9.90 Å². The van der Waals surface area contributed by atoms with Gasteiger partial charge in [0.05, 0.1) is 5.60 Å². The molecule has 1 rings (SSSR count). The lowest BCUT2D eigenvalue weighted by Crippen LogP contribution is -2.22. The van der Waals surface area contributed by atoms with Crippen LogP contribution in [0.3, 0.4) is 0 Å². The van der Waals surface area contributed by atoms with Gasteiger partial charge < -0.3 is 10.4 Å². The van der Waals surface area contributed by atoms with Crippen molar-refractivity contribution in [1.29, 1.82) is 0 Å². The average Bonchev–Trinajstić information content (AvgIpc) is 2.98. The molecule has 0 radical (unpaired) electrons. The fourth-order valence-electron chi connectivity index (χ4n) is 1.08. The number of carbonyl (C=O) groups excluding carboxylic acids is 1. The van der Waals surface area contributed by atoms with Crippen LogP contribution in [0.15, 0.2) is 0 Å². The molecule has 0 aromatic carbocycles. The highest BCUT2D eigenvalue weighted by molar-refractivity contribution is 5.72. The Morgan fingerprint density at radius 3 is 2.07 bits per heavy atom. The predicted molar refractivity (Wildman–Crippen MR) is 64.8 cm³/mol. The molecule has 0 spiro atoms. The van der Waals surface area contributed by atoms with Crippen LogP contribution in [0, 0.1) is 0 Å². The van der Waals surface area contributed by atoms with Gasteiger partial charge in [0.15, 0.2) is 0 Å². The lowest BCUT2D eigenvalue weighted by Gasteiger charge is -2.06. The van der Waals surface area contributed by atoms with E-state index in [1.165, 1.54) is 6.92 Å². The summed E-state index contributed by atoms with van der Waals surface area (Å²) in [6, 6.07) is 0. The Morgan fingerprint density at radius 1 is 1.27 bits per heavy atom. The lowest BCUT2D eigenvalue weighted by atomic mass is 10.2. The molecule has 1 aliphatic rings. The molecule has 0 aliphatic heterocycles. The van der Waals surface area contributed by atoms with E-state index >= 15 is 0 Å². The number of amides is 1. The first-order chi connectivity index (χ1) is 7.12. The van der Waals surface area contributed by atoms with Crippen LogP contribution >= 0.6 is 0 Å². The van der Waals surface area contributed by atoms with Crippen molar-refractivity contribution in [3.8, 4) is 0 Å². The summed E-state index contributed by atoms with van der Waals surface area (Å²) in [5.74, 6) is 0.00721. The molecule has 0 atom stereocenters. The molecule has 0 unspecified atom stereocenters. The van der Waals surface area contributed by atoms with Gasteiger partial charge in [-0.3, -0.25) is 4.79 Å². The maximum Gasteiger partial charge on any atom is 0.216 e. The molecule has 0 saturated heterocycles. The van der Waals surface area contributed by atoms with Gasteiger partial charge in [-0.15, -0.1) is 0 Å². The third-order valence-corrected chi connectivity index (χ3v) is 2.02. The summed E-state index contributed by atoms with van der Waals surface area (Å²) in [6.45, 7) is 10.2. The van der Waals surface area contributed by atoms with E-state index in [0.29, 0.717) is 6.54 Å². The van der Waals surface area contributed by atoms with Crippen LogP contribution in [0.5, 0.6) is 0 Å². The second-order valence-electron chi connectivity index (χ2n) is 3.31. The minimum atomic E-state index is -0.363. The van der Waals surface area contributed by atoms with Crippen LogP contribution < -0.4 is 5.32 Å². The zero-order chi connectivity index (χ0) is 12.3. The average molecular weight is 217 g/mol. The summed E-state index contributed by atoms with van der Waals surface area (Å²) in [5, 5.41) is 12.1. The van der Waals surface area contributed by atoms with Crippen molar-refractivity contribution in [3.05, 3.63) is 0 Å². The molecule has 2 N–H and O–H groups in total. The van der Waals surface area contributed by atoms with Crippen LogP contribution in [0.1, 0.15) is 60.3 Å². The SMILES string of the molecule is CC.CC.CC(=O)NCCCC1(O)CC1. The standard InChI is InChI=1S/C8H15NO2.2C2H6/c1-7(10)9-6-2-3-8(11)4-5-8;2*1-2/h11H,2-6H2,1H3,(H,9,10);2*1-2H3. The Hall–Kier alpha value is -0.570. The van der Waals surface area contributed by atoms with E-state index in [1.807, 2.05) is 27.7 Å². The van der Waals surface area contributed by atoms with Crippen molar-refractivity contribution in [2.45, 2.75) is 65.9 Å². The van der Waals surface area contributed by atoms with Gasteiger partial charge in [0.25, 0.3) is 0 Å². The number of hydrogen-bond acceptors (Lipinski definition) is 2. The predicted octanol–water partition coefficient (Wildman–Crippen LogP) is 2.48. The molecular formula is C12H27NO2. The first kappa shape index (κ1) is 16.8. The van der Waals surface area contributed by atoms with Crippen molar-refractivity contribution >= 4 is 5.91 Å². The summed E-state index contributed by atoms with van der Waals surface area (Å²) in [5.41, 5.74) is -0.363. The number of hydrogen-bond donors (Lipinski definition) is 2. The third-order valence-electron chi connectivity index (χ3n) is 2.02. The van der Waals surface area contributed by atoms with Crippen molar-refractivity contribution in [2.75, 3.05) is 6.54 Å². The Labute approximate surface area is 94.3 Å². The fourth-order valence-corrected chi connectivity index (χ4v) is 1.08. The smallest absolute Gasteiger partial charge is 0.216 e. The summed E-state index contributed by atoms with van der Waals surface area (Å²) < 4.78 is 0. The van der Waals surface area contributed by atoms with E-state index in [1.54, 1.807) is 0 Å². The maximum absolute atomic E-state index is 10.4. The first-order valence-electron chi connectivity index (χ1n) is 6.09. The van der Waals surface area contributed by atoms with Crippen molar-refractivity contribution in [2.24, 2.45) is 0 Å². The largest absolute Gasteiger partial charge is 0.390 e. The lowest BCUT2D eigenvalue weighted by molar-refractivity contribution is -0.119. The molecule has 1 saturated carbocycles. The topological polar surface area (TPSA) is 49.3 Å². The zero-order valence-electron chi connectivity index (χ0n) is 10.9. The van der Waals surface area contributed by atoms with Crippen molar-refractivity contribution < 1.29 is 9.90 Å². The highest BCUT2D eigenvalue weighted by Crippen LogP contribution is 2.38. The molecule has 0 aromatic rings. The summed E-state index contributed by atoms with van der Waals surface area (Å²) in [4.78, 5) is 10.4. The minimum Gasteiger partial charge on any atom is -0.390 e. The minimum absolute atomic E-state index is 0.00721. The van der Waals surface area contributed by atoms with Crippen LogP contribution in [0.4, 0.5) is 0 Å². The molecule has 3 nitrogen and oxygen atoms in total. The number of carbonyl (C=O) groups is 1. The molecule has 1 fully saturated rings. The first-order valence-corrected chi connectivity index (χ1v) is 6.09. The highest BCUT2D eigenvalue weighted by Gasteiger charge is 2.39. The molecule has 1 aliphatic carbocycles. The Balaban J connectivity index is 0. The van der Waals surface area contributed by atoms with E-state index < -0.39 is 0 Å². The van der Waals surface area contributed by atoms with E-state index in [2.05, 4.69) is 5.32 Å². The quantitative estimate of drug-likeness (QED) is 0.711. The third kappa shape index (κ3) is 11.4. The molecule has 3 heteroatoms. The highest BCUT2D eigenvalue weighted by atomic mass is 16.3. The van der Waals surface area contributed by atoms with Crippen LogP contribution in [0.25, 0.3) is 0 Å². The van der Waals surface area contributed by atoms with E-state index in [4.69, 9.17) is 0 Å². The maximum atomic E-state index is 10.4. The van der Waals surface area contributed by atoms with Gasteiger partial charge in [0, 0.05) is 13.5 Å². The van der Waals surface area contributed by atoms with Gasteiger partial charge in [0.2, 0.25) is 5.91 Å². The van der Waals surface area contributed by atoms with Gasteiger partial charge in [0.1, 0.15) is 0 Å². The summed E-state index contributed by atoms with van der Waals surface area (Å²) in [7, 11) is 0. The molecule has 15 heavy (non-hydrogen) atoms. The summed E-state index contributed by atoms with van der Waals surface area (Å²) in [6.07, 6.45) is 3.59. The van der Waals surface area contributed by atoms with Gasteiger partial charge in [-0.2, -0.15) is 0 Å². The van der Waals surface area contributed by atoms with Crippen molar-refractivity contribution in [1.82, 2.24) is 5.32 Å². The molecular weight excluding hydrogens is 190 g/mol. The van der Waals surface area contributed by atoms with Gasteiger partial charge in [-0.1, -0.05) is 27.7 Å². The molecule has 92 valence electrons. The molecule has 1 amide bonds. The van der Waals surface area contributed by atoms with Crippen LogP contribution in [-0.4, -0.2) is 23.2 Å². The number of rotatable bonds is 4. The second kappa shape index (κ2) is 9.97. The fraction of sp³-hybridized carbons (Fsp3) is 0.917. The van der Waals surface area contributed by atoms with Crippen LogP contribution in [0.2, 0.25) is 0 Å². The Morgan fingerprint density at radius 2 is 1.73 bits per heavy atom. The molecule has 0 aromatic heterocycles. The van der Waals surface area contributed by atoms with Gasteiger partial charge >= 0.3 is 0 Å². The zero-order valence-corrected chi connectivity index (χ0v) is 10.9. The van der Waals surface area contributed by atoms with Crippen molar-refractivity contribution in [3.63, 3.8) is 0 Å². The Bertz CT molecular complexity index is 154. The molecule has 0 bridgehead atoms. The summed E-state index contributed by atoms with van der Waals surface area (Å²) >= 11 is 0. The Kier molecular flexibility index (Phi) is 11.2. The van der Waals surface area contributed by atoms with E-state index in [0.717, 1.165) is 25.7 Å². The number of aliphatic hydroxyl groups is 1. The van der Waals surface area contributed by atoms with Gasteiger partial charge in [-0.05, 0) is 25.7 Å². The van der Waals surface area contributed by atoms with E-state index in [-0.39, 0.29) is 11.5 Å². The molecule has 0 heterocycles.